The van der Waals surface area contributed by atoms with Gasteiger partial charge in [-0.1, -0.05) is 22.9 Å². The summed E-state index contributed by atoms with van der Waals surface area (Å²) in [4.78, 5) is 21.0. The Bertz CT molecular complexity index is 490. The summed E-state index contributed by atoms with van der Waals surface area (Å²) in [6.07, 6.45) is 0.795. The van der Waals surface area contributed by atoms with Crippen LogP contribution in [0.1, 0.15) is 20.3 Å². The molecule has 0 aromatic heterocycles. The van der Waals surface area contributed by atoms with Gasteiger partial charge in [0.25, 0.3) is 0 Å². The number of hydrogen-bond acceptors (Lipinski definition) is 2. The molecule has 1 aromatic carbocycles. The van der Waals surface area contributed by atoms with E-state index < -0.39 is 17.1 Å². The van der Waals surface area contributed by atoms with E-state index >= 15 is 0 Å². The molecule has 0 saturated heterocycles. The predicted octanol–water partition coefficient (Wildman–Crippen LogP) is 4.23. The second-order valence-corrected chi connectivity index (χ2v) is 10.2. The zero-order valence-corrected chi connectivity index (χ0v) is 15.6. The van der Waals surface area contributed by atoms with Gasteiger partial charge < -0.3 is 18.5 Å². The molecule has 0 saturated carbocycles. The summed E-state index contributed by atoms with van der Waals surface area (Å²) in [5.41, 5.74) is 0. The molecule has 2 N–H and O–H groups in total. The van der Waals surface area contributed by atoms with Gasteiger partial charge in [-0.2, -0.15) is 0 Å². The van der Waals surface area contributed by atoms with Crippen LogP contribution in [0.3, 0.4) is 0 Å². The zero-order chi connectivity index (χ0) is 14.5. The molecule has 0 bridgehead atoms. The minimum absolute atomic E-state index is 0.230. The lowest BCUT2D eigenvalue weighted by Gasteiger charge is -2.20. The molecule has 0 amide bonds. The predicted molar refractivity (Wildman–Crippen MR) is 86.7 cm³/mol. The quantitative estimate of drug-likeness (QED) is 0.656. The van der Waals surface area contributed by atoms with Crippen LogP contribution in [0.25, 0.3) is 0 Å². The van der Waals surface area contributed by atoms with Crippen molar-refractivity contribution in [2.45, 2.75) is 25.2 Å². The number of benzene rings is 1. The van der Waals surface area contributed by atoms with Gasteiger partial charge in [-0.25, -0.2) is 0 Å². The molecule has 0 aliphatic rings. The average Bonchev–Trinajstić information content (AvgIpc) is 2.31. The maximum Gasteiger partial charge on any atom is 0.309 e. The van der Waals surface area contributed by atoms with E-state index in [1.807, 2.05) is 19.1 Å². The Morgan fingerprint density at radius 2 is 1.95 bits per heavy atom. The van der Waals surface area contributed by atoms with E-state index in [0.29, 0.717) is 11.5 Å². The lowest BCUT2D eigenvalue weighted by Crippen LogP contribution is -2.05. The first kappa shape index (κ1) is 17.9. The van der Waals surface area contributed by atoms with Crippen LogP contribution in [-0.2, 0) is 19.1 Å². The Labute approximate surface area is 132 Å². The Kier molecular flexibility index (Phi) is 7.79. The summed E-state index contributed by atoms with van der Waals surface area (Å²) in [7, 11) is -1.19. The third kappa shape index (κ3) is 5.25. The summed E-state index contributed by atoms with van der Waals surface area (Å²) < 4.78 is 12.4. The van der Waals surface area contributed by atoms with E-state index in [-0.39, 0.29) is 6.61 Å². The van der Waals surface area contributed by atoms with Crippen molar-refractivity contribution in [2.24, 2.45) is 0 Å². The third-order valence-electron chi connectivity index (χ3n) is 1.99. The van der Waals surface area contributed by atoms with Gasteiger partial charge in [0.1, 0.15) is 0 Å². The molecular weight excluding hydrogens is 419 g/mol. The topological polar surface area (TPSA) is 58.9 Å². The Morgan fingerprint density at radius 1 is 1.26 bits per heavy atom. The van der Waals surface area contributed by atoms with Crippen LogP contribution in [-0.4, -0.2) is 23.0 Å². The minimum atomic E-state index is -3.59. The molecule has 0 aliphatic heterocycles. The van der Waals surface area contributed by atoms with Gasteiger partial charge in [-0.15, -0.1) is 0 Å². The fourth-order valence-electron chi connectivity index (χ4n) is 1.26. The van der Waals surface area contributed by atoms with Gasteiger partial charge in [-0.3, -0.25) is 0 Å². The summed E-state index contributed by atoms with van der Waals surface area (Å²) in [5.74, 6) is 0. The zero-order valence-electron chi connectivity index (χ0n) is 10.7. The van der Waals surface area contributed by atoms with Crippen molar-refractivity contribution in [1.29, 1.82) is 0 Å². The highest BCUT2D eigenvalue weighted by Gasteiger charge is 2.22. The van der Waals surface area contributed by atoms with E-state index in [9.17, 15) is 9.79 Å². The van der Waals surface area contributed by atoms with Crippen molar-refractivity contribution >= 4 is 48.9 Å². The van der Waals surface area contributed by atoms with Gasteiger partial charge in [0.2, 0.25) is 0 Å². The molecule has 8 heteroatoms. The fraction of sp³-hybridized carbons (Fsp3) is 0.455. The molecule has 1 rings (SSSR count). The molecule has 0 radical (unpaired) electrons. The molecule has 110 valence electrons. The molecular formula is C11H17Br2O4PS. The van der Waals surface area contributed by atoms with Crippen LogP contribution in [0.4, 0.5) is 0 Å². The van der Waals surface area contributed by atoms with Gasteiger partial charge in [0, 0.05) is 24.2 Å². The van der Waals surface area contributed by atoms with Crippen LogP contribution in [0.15, 0.2) is 32.0 Å². The molecule has 19 heavy (non-hydrogen) atoms. The molecule has 0 aliphatic carbocycles. The van der Waals surface area contributed by atoms with Crippen LogP contribution in [0, 0.1) is 0 Å². The standard InChI is InChI=1S/C11H17Br2O4PS/c1-3-7-17-19(18(14,15)16-4-2)11-6-5-9(12)8-10(11)13/h5-6,8,14-15H,3-4,7H2,1-2H3. The molecule has 0 fully saturated rings. The van der Waals surface area contributed by atoms with Crippen LogP contribution in [0.5, 0.6) is 0 Å². The molecule has 1 aromatic rings. The largest absolute Gasteiger partial charge is 0.327 e. The van der Waals surface area contributed by atoms with E-state index in [1.165, 1.54) is 0 Å². The fourth-order valence-corrected chi connectivity index (χ4v) is 7.29. The van der Waals surface area contributed by atoms with Crippen molar-refractivity contribution in [3.63, 3.8) is 0 Å². The molecule has 0 spiro atoms. The van der Waals surface area contributed by atoms with Crippen LogP contribution in [0.2, 0.25) is 0 Å². The average molecular weight is 436 g/mol. The van der Waals surface area contributed by atoms with E-state index in [4.69, 9.17) is 8.71 Å². The minimum Gasteiger partial charge on any atom is -0.327 e. The first-order valence-electron chi connectivity index (χ1n) is 5.74. The number of hydrogen-bond donors (Lipinski definition) is 2. The second-order valence-electron chi connectivity index (χ2n) is 3.55. The van der Waals surface area contributed by atoms with Crippen molar-refractivity contribution < 1.29 is 18.5 Å². The monoisotopic (exact) mass is 434 g/mol. The van der Waals surface area contributed by atoms with Crippen molar-refractivity contribution in [1.82, 2.24) is 0 Å². The summed E-state index contributed by atoms with van der Waals surface area (Å²) in [6.45, 7) is 0.777. The Hall–Kier alpha value is 0.800. The lowest BCUT2D eigenvalue weighted by molar-refractivity contribution is 0.261. The number of halogens is 2. The lowest BCUT2D eigenvalue weighted by atomic mass is 10.4. The molecule has 0 heterocycles. The summed E-state index contributed by atoms with van der Waals surface area (Å²) in [6, 6.07) is 5.48. The Balaban J connectivity index is 3.31. The van der Waals surface area contributed by atoms with E-state index in [0.717, 1.165) is 15.4 Å². The SMILES string of the molecule is CCCOS(c1ccc(Br)cc1Br)=P(O)(O)OCC. The maximum absolute atomic E-state index is 10.1. The molecule has 4 nitrogen and oxygen atoms in total. The van der Waals surface area contributed by atoms with Crippen LogP contribution < -0.4 is 0 Å². The summed E-state index contributed by atoms with van der Waals surface area (Å²) in [5, 5.41) is 0. The highest BCUT2D eigenvalue weighted by Crippen LogP contribution is 2.47. The van der Waals surface area contributed by atoms with Gasteiger partial charge >= 0.3 is 6.72 Å². The maximum atomic E-state index is 10.1. The van der Waals surface area contributed by atoms with Gasteiger partial charge in [0.15, 0.2) is 0 Å². The van der Waals surface area contributed by atoms with Gasteiger partial charge in [-0.05, 0) is 47.5 Å². The van der Waals surface area contributed by atoms with E-state index in [2.05, 4.69) is 31.9 Å². The second kappa shape index (κ2) is 8.29. The smallest absolute Gasteiger partial charge is 0.309 e. The van der Waals surface area contributed by atoms with Crippen molar-refractivity contribution in [2.75, 3.05) is 13.2 Å². The number of rotatable bonds is 6. The van der Waals surface area contributed by atoms with Crippen molar-refractivity contribution in [3.8, 4) is 0 Å². The first-order chi connectivity index (χ1) is 8.92. The van der Waals surface area contributed by atoms with E-state index in [1.54, 1.807) is 13.0 Å². The first-order valence-corrected chi connectivity index (χ1v) is 10.7. The van der Waals surface area contributed by atoms with Crippen molar-refractivity contribution in [3.05, 3.63) is 27.1 Å². The highest BCUT2D eigenvalue weighted by molar-refractivity contribution is 9.11. The van der Waals surface area contributed by atoms with Gasteiger partial charge in [0.05, 0.1) is 13.2 Å². The molecule has 1 unspecified atom stereocenters. The Morgan fingerprint density at radius 3 is 2.47 bits per heavy atom. The normalized spacial score (nSPS) is 13.6. The van der Waals surface area contributed by atoms with Crippen LogP contribution >= 0.6 is 38.6 Å². The third-order valence-corrected chi connectivity index (χ3v) is 8.07. The summed E-state index contributed by atoms with van der Waals surface area (Å²) >= 11 is 6.78. The molecule has 1 atom stereocenters. The highest BCUT2D eigenvalue weighted by atomic mass is 79.9.